The normalized spacial score (nSPS) is 18.6. The van der Waals surface area contributed by atoms with Crippen LogP contribution < -0.4 is 9.47 Å². The Balaban J connectivity index is 1.21. The van der Waals surface area contributed by atoms with Gasteiger partial charge in [0.05, 0.1) is 11.8 Å². The summed E-state index contributed by atoms with van der Waals surface area (Å²) in [6.45, 7) is 0. The first kappa shape index (κ1) is 32.6. The predicted molar refractivity (Wildman–Crippen MR) is 193 cm³/mol. The van der Waals surface area contributed by atoms with Crippen molar-refractivity contribution in [3.8, 4) is 74.6 Å². The molecule has 7 aromatic rings. The number of ether oxygens (including phenoxy) is 2. The van der Waals surface area contributed by atoms with E-state index in [0.717, 1.165) is 12.1 Å². The van der Waals surface area contributed by atoms with Crippen LogP contribution in [0.15, 0.2) is 108 Å². The molecule has 0 amide bonds. The van der Waals surface area contributed by atoms with Crippen molar-refractivity contribution in [2.45, 2.75) is 24.0 Å². The van der Waals surface area contributed by atoms with Gasteiger partial charge in [-0.2, -0.15) is 0 Å². The van der Waals surface area contributed by atoms with Crippen molar-refractivity contribution in [1.29, 1.82) is 0 Å². The van der Waals surface area contributed by atoms with Crippen LogP contribution in [-0.2, 0) is 0 Å². The van der Waals surface area contributed by atoms with E-state index in [-0.39, 0.29) is 74.4 Å². The average Bonchev–Trinajstić information content (AvgIpc) is 3.80. The van der Waals surface area contributed by atoms with E-state index in [1.165, 1.54) is 66.7 Å². The van der Waals surface area contributed by atoms with Crippen LogP contribution in [0.25, 0.3) is 22.3 Å². The van der Waals surface area contributed by atoms with Crippen molar-refractivity contribution in [3.63, 3.8) is 0 Å². The van der Waals surface area contributed by atoms with Gasteiger partial charge in [-0.3, -0.25) is 0 Å². The zero-order valence-electron chi connectivity index (χ0n) is 27.9. The standard InChI is InChI=1S/C42H30O12/c43-22-3-4-28(31(49)14-22)41-38(20-5-24(45)12-25(46)6-20)30-16-29(32(50)17-36(30)53-41)42-39(21-7-26(47)13-27(48)8-21)40-33(51)9-19(11-37(40)54-42)34-10-18-1-2-23(44)15-35(18)52-34/h1-17,38-39,41-51H/t38-,39-,41+,42+/m1/s1. The minimum Gasteiger partial charge on any atom is -0.508 e. The van der Waals surface area contributed by atoms with Crippen LogP contribution in [0.4, 0.5) is 0 Å². The minimum atomic E-state index is -1.07. The maximum absolute atomic E-state index is 11.7. The third-order valence-electron chi connectivity index (χ3n) is 10.0. The number of benzene rings is 6. The fourth-order valence-electron chi connectivity index (χ4n) is 7.78. The van der Waals surface area contributed by atoms with Crippen LogP contribution in [0, 0.1) is 0 Å². The van der Waals surface area contributed by atoms with Gasteiger partial charge in [0.15, 0.2) is 0 Å². The maximum Gasteiger partial charge on any atom is 0.138 e. The number of phenols is 9. The Kier molecular flexibility index (Phi) is 7.15. The lowest BCUT2D eigenvalue weighted by Crippen LogP contribution is -2.13. The number of hydrogen-bond acceptors (Lipinski definition) is 12. The highest BCUT2D eigenvalue weighted by Crippen LogP contribution is 2.59. The fourth-order valence-corrected chi connectivity index (χ4v) is 7.78. The van der Waals surface area contributed by atoms with Crippen LogP contribution in [0.1, 0.15) is 57.4 Å². The first-order valence-electron chi connectivity index (χ1n) is 16.8. The van der Waals surface area contributed by atoms with Crippen molar-refractivity contribution >= 4 is 11.0 Å². The second-order valence-electron chi connectivity index (χ2n) is 13.5. The summed E-state index contributed by atoms with van der Waals surface area (Å²) in [6.07, 6.45) is -2.02. The molecule has 0 unspecified atom stereocenters. The number of phenolic OH excluding ortho intramolecular Hbond substituents is 9. The zero-order chi connectivity index (χ0) is 37.6. The molecule has 9 N–H and O–H groups in total. The fraction of sp³-hybridized carbons (Fsp3) is 0.0952. The number of furan rings is 1. The minimum absolute atomic E-state index is 0.0254. The van der Waals surface area contributed by atoms with E-state index in [2.05, 4.69) is 0 Å². The first-order chi connectivity index (χ1) is 25.9. The molecule has 2 aliphatic heterocycles. The highest BCUT2D eigenvalue weighted by atomic mass is 16.5. The Labute approximate surface area is 305 Å². The Morgan fingerprint density at radius 1 is 0.407 bits per heavy atom. The van der Waals surface area contributed by atoms with Crippen molar-refractivity contribution < 1.29 is 59.8 Å². The predicted octanol–water partition coefficient (Wildman–Crippen LogP) is 7.98. The van der Waals surface area contributed by atoms with Crippen molar-refractivity contribution in [2.24, 2.45) is 0 Å². The summed E-state index contributed by atoms with van der Waals surface area (Å²) in [5, 5.41) is 96.9. The average molecular weight is 727 g/mol. The molecule has 0 radical (unpaired) electrons. The molecule has 0 spiro atoms. The lowest BCUT2D eigenvalue weighted by Gasteiger charge is -2.23. The molecule has 3 heterocycles. The molecule has 270 valence electrons. The van der Waals surface area contributed by atoms with Gasteiger partial charge in [-0.1, -0.05) is 0 Å². The Bertz CT molecular complexity index is 2620. The molecular formula is C42H30O12. The summed E-state index contributed by atoms with van der Waals surface area (Å²) in [7, 11) is 0. The third kappa shape index (κ3) is 5.31. The second-order valence-corrected chi connectivity index (χ2v) is 13.5. The third-order valence-corrected chi connectivity index (χ3v) is 10.0. The van der Waals surface area contributed by atoms with Crippen LogP contribution in [0.3, 0.4) is 0 Å². The summed E-state index contributed by atoms with van der Waals surface area (Å²) >= 11 is 0. The molecule has 6 aromatic carbocycles. The highest BCUT2D eigenvalue weighted by molar-refractivity contribution is 5.84. The molecular weight excluding hydrogens is 696 g/mol. The maximum atomic E-state index is 11.7. The SMILES string of the molecule is Oc1cc(O)cc([C@@H]2c3cc([C@@H]4Oc5cc(-c6cc7ccc(O)cc7o6)cc(O)c5[C@H]4c4cc(O)cc(O)c4)c(O)cc3O[C@H]2c2ccc(O)cc2O)c1. The first-order valence-corrected chi connectivity index (χ1v) is 16.8. The Morgan fingerprint density at radius 2 is 1.00 bits per heavy atom. The highest BCUT2D eigenvalue weighted by Gasteiger charge is 2.44. The summed E-state index contributed by atoms with van der Waals surface area (Å²) < 4.78 is 18.9. The largest absolute Gasteiger partial charge is 0.508 e. The second kappa shape index (κ2) is 11.9. The van der Waals surface area contributed by atoms with Gasteiger partial charge in [-0.15, -0.1) is 0 Å². The van der Waals surface area contributed by atoms with Crippen LogP contribution in [0.2, 0.25) is 0 Å². The lowest BCUT2D eigenvalue weighted by molar-refractivity contribution is 0.214. The molecule has 0 fully saturated rings. The van der Waals surface area contributed by atoms with Crippen molar-refractivity contribution in [1.82, 2.24) is 0 Å². The quantitative estimate of drug-likeness (QED) is 0.0826. The Hall–Kier alpha value is -7.34. The number of rotatable bonds is 5. The molecule has 0 saturated carbocycles. The summed E-state index contributed by atoms with van der Waals surface area (Å²) in [6, 6.07) is 24.7. The van der Waals surface area contributed by atoms with E-state index in [1.54, 1.807) is 24.3 Å². The summed E-state index contributed by atoms with van der Waals surface area (Å²) in [5.74, 6) is -2.66. The number of hydrogen-bond donors (Lipinski definition) is 9. The molecule has 1 aromatic heterocycles. The molecule has 9 rings (SSSR count). The van der Waals surface area contributed by atoms with Gasteiger partial charge in [-0.05, 0) is 83.9 Å². The Morgan fingerprint density at radius 3 is 1.69 bits per heavy atom. The van der Waals surface area contributed by atoms with Gasteiger partial charge >= 0.3 is 0 Å². The van der Waals surface area contributed by atoms with Gasteiger partial charge in [0.1, 0.15) is 86.8 Å². The van der Waals surface area contributed by atoms with E-state index in [4.69, 9.17) is 13.9 Å². The van der Waals surface area contributed by atoms with E-state index >= 15 is 0 Å². The molecule has 0 aliphatic carbocycles. The van der Waals surface area contributed by atoms with Gasteiger partial charge < -0.3 is 59.8 Å². The lowest BCUT2D eigenvalue weighted by atomic mass is 9.81. The zero-order valence-corrected chi connectivity index (χ0v) is 27.9. The van der Waals surface area contributed by atoms with Crippen molar-refractivity contribution in [2.75, 3.05) is 0 Å². The van der Waals surface area contributed by atoms with Crippen LogP contribution in [0.5, 0.6) is 63.2 Å². The monoisotopic (exact) mass is 726 g/mol. The van der Waals surface area contributed by atoms with E-state index in [1.807, 2.05) is 0 Å². The molecule has 2 aliphatic rings. The summed E-state index contributed by atoms with van der Waals surface area (Å²) in [5.41, 5.74) is 2.95. The number of fused-ring (bicyclic) bond motifs is 3. The molecule has 54 heavy (non-hydrogen) atoms. The van der Waals surface area contributed by atoms with Crippen molar-refractivity contribution in [3.05, 3.63) is 137 Å². The van der Waals surface area contributed by atoms with Crippen LogP contribution in [-0.4, -0.2) is 46.0 Å². The molecule has 12 nitrogen and oxygen atoms in total. The van der Waals surface area contributed by atoms with Gasteiger partial charge in [0.2, 0.25) is 0 Å². The van der Waals surface area contributed by atoms with Crippen LogP contribution >= 0.6 is 0 Å². The molecule has 0 bridgehead atoms. The number of aromatic hydroxyl groups is 9. The molecule has 12 heteroatoms. The van der Waals surface area contributed by atoms with E-state index in [9.17, 15) is 46.0 Å². The van der Waals surface area contributed by atoms with Gasteiger partial charge in [0, 0.05) is 63.5 Å². The van der Waals surface area contributed by atoms with E-state index < -0.39 is 24.0 Å². The molecule has 0 saturated heterocycles. The molecule has 4 atom stereocenters. The van der Waals surface area contributed by atoms with E-state index in [0.29, 0.717) is 44.5 Å². The van der Waals surface area contributed by atoms with Gasteiger partial charge in [0.25, 0.3) is 0 Å². The summed E-state index contributed by atoms with van der Waals surface area (Å²) in [4.78, 5) is 0. The topological polar surface area (TPSA) is 214 Å². The van der Waals surface area contributed by atoms with Gasteiger partial charge in [-0.25, -0.2) is 0 Å². The smallest absolute Gasteiger partial charge is 0.138 e.